The molecule has 0 spiro atoms. The summed E-state index contributed by atoms with van der Waals surface area (Å²) in [7, 11) is 0. The Hall–Kier alpha value is -1.78. The third-order valence-electron chi connectivity index (χ3n) is 3.49. The summed E-state index contributed by atoms with van der Waals surface area (Å²) >= 11 is 11.8. The molecule has 0 radical (unpaired) electrons. The van der Waals surface area contributed by atoms with Gasteiger partial charge in [-0.15, -0.1) is 0 Å². The first-order chi connectivity index (χ1) is 10.6. The Morgan fingerprint density at radius 2 is 2.00 bits per heavy atom. The summed E-state index contributed by atoms with van der Waals surface area (Å²) in [5, 5.41) is 1.19. The lowest BCUT2D eigenvalue weighted by atomic mass is 10.1. The van der Waals surface area contributed by atoms with E-state index in [-0.39, 0.29) is 12.0 Å². The van der Waals surface area contributed by atoms with Gasteiger partial charge in [0.15, 0.2) is 0 Å². The minimum Gasteiger partial charge on any atom is -0.471 e. The molecule has 114 valence electrons. The Morgan fingerprint density at radius 3 is 2.68 bits per heavy atom. The van der Waals surface area contributed by atoms with Gasteiger partial charge in [0, 0.05) is 17.3 Å². The molecular weight excluding hydrogens is 323 g/mol. The largest absolute Gasteiger partial charge is 0.471 e. The zero-order chi connectivity index (χ0) is 15.5. The number of rotatable bonds is 4. The zero-order valence-electron chi connectivity index (χ0n) is 11.7. The van der Waals surface area contributed by atoms with Crippen molar-refractivity contribution in [1.82, 2.24) is 9.88 Å². The zero-order valence-corrected chi connectivity index (χ0v) is 13.2. The third-order valence-corrected chi connectivity index (χ3v) is 4.08. The number of carbonyl (C=O) groups excluding carboxylic acids is 1. The Labute approximate surface area is 138 Å². The molecule has 1 fully saturated rings. The molecule has 4 nitrogen and oxygen atoms in total. The number of aromatic nitrogens is 1. The van der Waals surface area contributed by atoms with Gasteiger partial charge >= 0.3 is 0 Å². The van der Waals surface area contributed by atoms with Crippen molar-refractivity contribution in [2.24, 2.45) is 0 Å². The van der Waals surface area contributed by atoms with Crippen LogP contribution < -0.4 is 4.74 Å². The topological polar surface area (TPSA) is 42.4 Å². The normalized spacial score (nSPS) is 14.5. The van der Waals surface area contributed by atoms with Crippen LogP contribution in [-0.4, -0.2) is 35.0 Å². The summed E-state index contributed by atoms with van der Waals surface area (Å²) in [6.07, 6.45) is 1.82. The summed E-state index contributed by atoms with van der Waals surface area (Å²) in [4.78, 5) is 18.0. The molecule has 6 heteroatoms. The van der Waals surface area contributed by atoms with Gasteiger partial charge in [-0.2, -0.15) is 0 Å². The second-order valence-corrected chi connectivity index (χ2v) is 5.97. The van der Waals surface area contributed by atoms with Gasteiger partial charge in [-0.3, -0.25) is 4.79 Å². The summed E-state index contributed by atoms with van der Waals surface area (Å²) in [5.41, 5.74) is 0.845. The average Bonchev–Trinajstić information content (AvgIpc) is 2.46. The van der Waals surface area contributed by atoms with E-state index in [9.17, 15) is 4.79 Å². The Kier molecular flexibility index (Phi) is 4.50. The van der Waals surface area contributed by atoms with E-state index in [1.165, 1.54) is 6.20 Å². The van der Waals surface area contributed by atoms with E-state index in [0.29, 0.717) is 35.4 Å². The number of benzene rings is 1. The lowest BCUT2D eigenvalue weighted by molar-refractivity contribution is -0.139. The van der Waals surface area contributed by atoms with Crippen molar-refractivity contribution in [2.75, 3.05) is 13.1 Å². The predicted octanol–water partition coefficient (Wildman–Crippen LogP) is 3.22. The second kappa shape index (κ2) is 6.55. The van der Waals surface area contributed by atoms with Gasteiger partial charge in [0.1, 0.15) is 6.10 Å². The number of hydrogen-bond donors (Lipinski definition) is 0. The number of likely N-dealkylation sites (tertiary alicyclic amines) is 1. The Morgan fingerprint density at radius 1 is 1.23 bits per heavy atom. The summed E-state index contributed by atoms with van der Waals surface area (Å²) < 4.78 is 5.67. The van der Waals surface area contributed by atoms with Crippen LogP contribution in [0.15, 0.2) is 42.6 Å². The molecule has 0 bridgehead atoms. The van der Waals surface area contributed by atoms with Crippen molar-refractivity contribution in [1.29, 1.82) is 0 Å². The maximum absolute atomic E-state index is 12.2. The molecule has 1 saturated heterocycles. The summed E-state index contributed by atoms with van der Waals surface area (Å²) in [6, 6.07) is 10.8. The monoisotopic (exact) mass is 336 g/mol. The second-order valence-electron chi connectivity index (χ2n) is 5.12. The van der Waals surface area contributed by atoms with Crippen LogP contribution in [-0.2, 0) is 11.2 Å². The molecule has 1 aliphatic rings. The Balaban J connectivity index is 1.49. The minimum atomic E-state index is -0.0242. The smallest absolute Gasteiger partial charge is 0.227 e. The minimum absolute atomic E-state index is 0.0242. The van der Waals surface area contributed by atoms with Crippen LogP contribution in [0.2, 0.25) is 10.0 Å². The van der Waals surface area contributed by atoms with E-state index >= 15 is 0 Å². The first-order valence-corrected chi connectivity index (χ1v) is 7.67. The number of ether oxygens (including phenoxy) is 1. The van der Waals surface area contributed by atoms with Crippen LogP contribution in [0.1, 0.15) is 5.56 Å². The van der Waals surface area contributed by atoms with Crippen LogP contribution >= 0.6 is 23.2 Å². The SMILES string of the molecule is O=C(Cc1ccccc1Cl)N1CC(Oc2ccc(Cl)cn2)C1. The predicted molar refractivity (Wildman–Crippen MR) is 85.4 cm³/mol. The maximum atomic E-state index is 12.2. The van der Waals surface area contributed by atoms with E-state index in [2.05, 4.69) is 4.98 Å². The quantitative estimate of drug-likeness (QED) is 0.860. The number of hydrogen-bond acceptors (Lipinski definition) is 3. The molecule has 1 amide bonds. The van der Waals surface area contributed by atoms with Gasteiger partial charge < -0.3 is 9.64 Å². The first-order valence-electron chi connectivity index (χ1n) is 6.91. The lowest BCUT2D eigenvalue weighted by Crippen LogP contribution is -2.56. The first kappa shape index (κ1) is 15.1. The summed E-state index contributed by atoms with van der Waals surface area (Å²) in [6.45, 7) is 1.13. The van der Waals surface area contributed by atoms with Crippen molar-refractivity contribution in [2.45, 2.75) is 12.5 Å². The molecule has 0 saturated carbocycles. The van der Waals surface area contributed by atoms with Gasteiger partial charge in [-0.05, 0) is 17.7 Å². The molecule has 1 aromatic carbocycles. The lowest BCUT2D eigenvalue weighted by Gasteiger charge is -2.38. The van der Waals surface area contributed by atoms with Gasteiger partial charge in [-0.1, -0.05) is 41.4 Å². The van der Waals surface area contributed by atoms with Gasteiger partial charge in [0.05, 0.1) is 24.5 Å². The molecule has 0 unspecified atom stereocenters. The number of halogens is 2. The highest BCUT2D eigenvalue weighted by Crippen LogP contribution is 2.20. The van der Waals surface area contributed by atoms with E-state index in [1.807, 2.05) is 18.2 Å². The van der Waals surface area contributed by atoms with Crippen molar-refractivity contribution >= 4 is 29.1 Å². The van der Waals surface area contributed by atoms with E-state index in [1.54, 1.807) is 23.1 Å². The van der Waals surface area contributed by atoms with Gasteiger partial charge in [0.25, 0.3) is 0 Å². The van der Waals surface area contributed by atoms with Gasteiger partial charge in [0.2, 0.25) is 11.8 Å². The fraction of sp³-hybridized carbons (Fsp3) is 0.250. The highest BCUT2D eigenvalue weighted by Gasteiger charge is 2.32. The van der Waals surface area contributed by atoms with E-state index in [4.69, 9.17) is 27.9 Å². The number of pyridine rings is 1. The molecule has 0 N–H and O–H groups in total. The third kappa shape index (κ3) is 3.51. The molecule has 3 rings (SSSR count). The van der Waals surface area contributed by atoms with E-state index in [0.717, 1.165) is 5.56 Å². The average molecular weight is 337 g/mol. The van der Waals surface area contributed by atoms with Crippen LogP contribution in [0, 0.1) is 0 Å². The molecule has 1 aromatic heterocycles. The van der Waals surface area contributed by atoms with Gasteiger partial charge in [-0.25, -0.2) is 4.98 Å². The Bertz CT molecular complexity index is 670. The highest BCUT2D eigenvalue weighted by molar-refractivity contribution is 6.31. The van der Waals surface area contributed by atoms with Crippen LogP contribution in [0.4, 0.5) is 0 Å². The molecule has 0 atom stereocenters. The molecular formula is C16H14Cl2N2O2. The molecule has 22 heavy (non-hydrogen) atoms. The van der Waals surface area contributed by atoms with E-state index < -0.39 is 0 Å². The summed E-state index contributed by atoms with van der Waals surface area (Å²) in [5.74, 6) is 0.574. The number of carbonyl (C=O) groups is 1. The molecule has 2 heterocycles. The fourth-order valence-corrected chi connectivity index (χ4v) is 2.55. The molecule has 0 aliphatic carbocycles. The highest BCUT2D eigenvalue weighted by atomic mass is 35.5. The van der Waals surface area contributed by atoms with Crippen LogP contribution in [0.25, 0.3) is 0 Å². The molecule has 1 aliphatic heterocycles. The van der Waals surface area contributed by atoms with Crippen molar-refractivity contribution in [3.8, 4) is 5.88 Å². The number of amides is 1. The standard InChI is InChI=1S/C16H14Cl2N2O2/c17-12-5-6-15(19-8-12)22-13-9-20(10-13)16(21)7-11-3-1-2-4-14(11)18/h1-6,8,13H,7,9-10H2. The van der Waals surface area contributed by atoms with Crippen molar-refractivity contribution in [3.63, 3.8) is 0 Å². The van der Waals surface area contributed by atoms with Crippen LogP contribution in [0.5, 0.6) is 5.88 Å². The molecule has 2 aromatic rings. The van der Waals surface area contributed by atoms with Crippen molar-refractivity contribution < 1.29 is 9.53 Å². The maximum Gasteiger partial charge on any atom is 0.227 e. The van der Waals surface area contributed by atoms with Crippen molar-refractivity contribution in [3.05, 3.63) is 58.2 Å². The fourth-order valence-electron chi connectivity index (χ4n) is 2.24. The number of nitrogens with zero attached hydrogens (tertiary/aromatic N) is 2. The van der Waals surface area contributed by atoms with Crippen LogP contribution in [0.3, 0.4) is 0 Å².